The van der Waals surface area contributed by atoms with Crippen molar-refractivity contribution < 1.29 is 40.2 Å². The van der Waals surface area contributed by atoms with Gasteiger partial charge in [-0.1, -0.05) is 0 Å². The molecule has 0 fully saturated rings. The molecule has 0 unspecified atom stereocenters. The van der Waals surface area contributed by atoms with Crippen LogP contribution in [-0.2, 0) is 13.8 Å². The highest BCUT2D eigenvalue weighted by atomic mass is 31.1. The summed E-state index contributed by atoms with van der Waals surface area (Å²) in [5.41, 5.74) is 0. The highest BCUT2D eigenvalue weighted by Crippen LogP contribution is 2.25. The van der Waals surface area contributed by atoms with Gasteiger partial charge in [-0.3, -0.25) is 0 Å². The largest absolute Gasteiger partial charge is 0.412 e. The molecule has 0 aliphatic rings. The van der Waals surface area contributed by atoms with Gasteiger partial charge in [-0.2, -0.15) is 26.3 Å². The third-order valence-electron chi connectivity index (χ3n) is 0.590. The van der Waals surface area contributed by atoms with E-state index < -0.39 is 34.6 Å². The molecule has 0 bridgehead atoms. The van der Waals surface area contributed by atoms with Crippen LogP contribution in [0.4, 0.5) is 26.3 Å². The minimum atomic E-state index is -4.55. The van der Waals surface area contributed by atoms with Crippen molar-refractivity contribution in [1.82, 2.24) is 0 Å². The van der Waals surface area contributed by atoms with Crippen molar-refractivity contribution in [2.24, 2.45) is 0 Å². The normalized spacial score (nSPS) is 11.4. The second-order valence-corrected chi connectivity index (χ2v) is 2.74. The number of alkyl halides is 6. The maximum Gasteiger partial charge on any atom is 0.412 e. The zero-order chi connectivity index (χ0) is 13.2. The van der Waals surface area contributed by atoms with Crippen molar-refractivity contribution in [3.05, 3.63) is 0 Å². The lowest BCUT2D eigenvalue weighted by molar-refractivity contribution is -0.160. The van der Waals surface area contributed by atoms with E-state index in [4.69, 9.17) is 10.2 Å². The molecule has 0 atom stereocenters. The average Bonchev–Trinajstić information content (AvgIpc) is 2.00. The fraction of sp³-hybridized carbons (Fsp3) is 0.800. The van der Waals surface area contributed by atoms with Crippen LogP contribution in [0.25, 0.3) is 0 Å². The third-order valence-corrected chi connectivity index (χ3v) is 1.11. The Kier molecular flexibility index (Phi) is 9.36. The van der Waals surface area contributed by atoms with Crippen molar-refractivity contribution in [2.75, 3.05) is 13.2 Å². The minimum absolute atomic E-state index is 0.750. The van der Waals surface area contributed by atoms with Gasteiger partial charge in [0.2, 0.25) is 6.08 Å². The Balaban J connectivity index is 0. The second-order valence-electron chi connectivity index (χ2n) is 1.99. The van der Waals surface area contributed by atoms with Crippen LogP contribution < -0.4 is 0 Å². The molecular formula is C5H6F6NO3P. The predicted octanol–water partition coefficient (Wildman–Crippen LogP) is 2.55. The second kappa shape index (κ2) is 8.46. The van der Waals surface area contributed by atoms with Gasteiger partial charge in [0.15, 0.2) is 9.03 Å². The topological polar surface area (TPSA) is 59.4 Å². The van der Waals surface area contributed by atoms with Gasteiger partial charge < -0.3 is 9.05 Å². The monoisotopic (exact) mass is 273 g/mol. The molecule has 0 aromatic rings. The Hall–Kier alpha value is -0.690. The SMILES string of the molecule is FC(F)(F)COPOCC(F)(F)F.N=C=O. The summed E-state index contributed by atoms with van der Waals surface area (Å²) in [6.07, 6.45) is -8.34. The summed E-state index contributed by atoms with van der Waals surface area (Å²) in [5, 5.41) is 5.40. The van der Waals surface area contributed by atoms with Crippen molar-refractivity contribution in [3.8, 4) is 0 Å². The van der Waals surface area contributed by atoms with E-state index in [1.807, 2.05) is 0 Å². The minimum Gasteiger partial charge on any atom is -0.327 e. The molecule has 0 aromatic heterocycles. The van der Waals surface area contributed by atoms with E-state index in [1.54, 1.807) is 0 Å². The number of nitrogens with one attached hydrogen (secondary N) is 1. The molecule has 0 spiro atoms. The zero-order valence-corrected chi connectivity index (χ0v) is 8.41. The molecule has 4 nitrogen and oxygen atoms in total. The van der Waals surface area contributed by atoms with Crippen LogP contribution in [0.1, 0.15) is 0 Å². The molecule has 0 saturated heterocycles. The van der Waals surface area contributed by atoms with Gasteiger partial charge >= 0.3 is 12.4 Å². The molecule has 0 saturated carbocycles. The van der Waals surface area contributed by atoms with E-state index in [0.717, 1.165) is 6.08 Å². The summed E-state index contributed by atoms with van der Waals surface area (Å²) < 4.78 is 75.5. The van der Waals surface area contributed by atoms with E-state index in [0.29, 0.717) is 0 Å². The van der Waals surface area contributed by atoms with Crippen LogP contribution in [0, 0.1) is 5.41 Å². The van der Waals surface area contributed by atoms with Crippen LogP contribution in [-0.4, -0.2) is 31.6 Å². The fourth-order valence-electron chi connectivity index (χ4n) is 0.264. The first-order valence-corrected chi connectivity index (χ1v) is 4.10. The molecule has 0 heterocycles. The third kappa shape index (κ3) is 23.3. The van der Waals surface area contributed by atoms with Crippen LogP contribution >= 0.6 is 9.03 Å². The van der Waals surface area contributed by atoms with E-state index >= 15 is 0 Å². The van der Waals surface area contributed by atoms with Crippen LogP contribution in [0.5, 0.6) is 0 Å². The summed E-state index contributed by atoms with van der Waals surface area (Å²) in [6, 6.07) is 0. The number of isocyanates is 1. The first-order chi connectivity index (χ1) is 7.12. The molecule has 16 heavy (non-hydrogen) atoms. The highest BCUT2D eigenvalue weighted by molar-refractivity contribution is 7.26. The van der Waals surface area contributed by atoms with Crippen LogP contribution in [0.3, 0.4) is 0 Å². The molecular weight excluding hydrogens is 267 g/mol. The van der Waals surface area contributed by atoms with E-state index in [1.165, 1.54) is 0 Å². The summed E-state index contributed by atoms with van der Waals surface area (Å²) in [5.74, 6) is 0. The summed E-state index contributed by atoms with van der Waals surface area (Å²) in [6.45, 7) is -3.22. The number of hydrogen-bond acceptors (Lipinski definition) is 4. The summed E-state index contributed by atoms with van der Waals surface area (Å²) in [4.78, 5) is 8.35. The molecule has 0 rings (SSSR count). The lowest BCUT2D eigenvalue weighted by Crippen LogP contribution is -2.16. The Morgan fingerprint density at radius 1 is 1.00 bits per heavy atom. The van der Waals surface area contributed by atoms with E-state index in [-0.39, 0.29) is 0 Å². The highest BCUT2D eigenvalue weighted by Gasteiger charge is 2.29. The fourth-order valence-corrected chi connectivity index (χ4v) is 0.793. The molecule has 0 amide bonds. The smallest absolute Gasteiger partial charge is 0.327 e. The van der Waals surface area contributed by atoms with Crippen molar-refractivity contribution in [2.45, 2.75) is 12.4 Å². The lowest BCUT2D eigenvalue weighted by atomic mass is 10.7. The molecule has 0 aliphatic carbocycles. The Morgan fingerprint density at radius 3 is 1.44 bits per heavy atom. The number of rotatable bonds is 4. The molecule has 0 aliphatic heterocycles. The first-order valence-electron chi connectivity index (χ1n) is 3.28. The van der Waals surface area contributed by atoms with Gasteiger partial charge in [-0.15, -0.1) is 0 Å². The Labute approximate surface area is 87.4 Å². The summed E-state index contributed by atoms with van der Waals surface area (Å²) in [7, 11) is -1.26. The van der Waals surface area contributed by atoms with Gasteiger partial charge in [-0.25, -0.2) is 10.2 Å². The van der Waals surface area contributed by atoms with Gasteiger partial charge in [0.05, 0.1) is 0 Å². The van der Waals surface area contributed by atoms with Gasteiger partial charge in [0.25, 0.3) is 0 Å². The van der Waals surface area contributed by atoms with Crippen molar-refractivity contribution >= 4 is 15.1 Å². The molecule has 96 valence electrons. The van der Waals surface area contributed by atoms with E-state index in [2.05, 4.69) is 9.05 Å². The van der Waals surface area contributed by atoms with Gasteiger partial charge in [-0.05, 0) is 0 Å². The molecule has 1 N–H and O–H groups in total. The molecule has 11 heteroatoms. The van der Waals surface area contributed by atoms with Crippen molar-refractivity contribution in [1.29, 1.82) is 5.41 Å². The van der Waals surface area contributed by atoms with E-state index in [9.17, 15) is 26.3 Å². The maximum atomic E-state index is 11.3. The predicted molar refractivity (Wildman–Crippen MR) is 40.7 cm³/mol. The quantitative estimate of drug-likeness (QED) is 0.281. The molecule has 0 radical (unpaired) electrons. The lowest BCUT2D eigenvalue weighted by Gasteiger charge is -2.08. The van der Waals surface area contributed by atoms with Gasteiger partial charge in [0.1, 0.15) is 13.2 Å². The number of hydrogen-bond donors (Lipinski definition) is 1. The standard InChI is InChI=1S/C4H5F6O2P.CHNO/c5-3(6,7)1-11-13-12-2-4(8,9)10;2-1-3/h13H,1-2H2;2H. The maximum absolute atomic E-state index is 11.3. The Morgan fingerprint density at radius 2 is 1.25 bits per heavy atom. The zero-order valence-electron chi connectivity index (χ0n) is 7.41. The number of carbonyl (C=O) groups excluding carboxylic acids is 1. The van der Waals surface area contributed by atoms with Crippen LogP contribution in [0.15, 0.2) is 0 Å². The summed E-state index contributed by atoms with van der Waals surface area (Å²) >= 11 is 0. The number of halogens is 6. The Bertz CT molecular complexity index is 195. The molecule has 0 aromatic carbocycles. The first kappa shape index (κ1) is 17.7. The average molecular weight is 273 g/mol. The van der Waals surface area contributed by atoms with Crippen molar-refractivity contribution in [3.63, 3.8) is 0 Å². The van der Waals surface area contributed by atoms with Crippen LogP contribution in [0.2, 0.25) is 0 Å². The van der Waals surface area contributed by atoms with Gasteiger partial charge in [0, 0.05) is 0 Å².